The second kappa shape index (κ2) is 4.97. The van der Waals surface area contributed by atoms with E-state index in [1.54, 1.807) is 0 Å². The van der Waals surface area contributed by atoms with Crippen LogP contribution in [0.1, 0.15) is 28.7 Å². The minimum atomic E-state index is -1.24. The number of halogens is 2. The lowest BCUT2D eigenvalue weighted by Gasteiger charge is -1.98. The quantitative estimate of drug-likeness (QED) is 0.544. The normalized spacial score (nSPS) is 14.3. The van der Waals surface area contributed by atoms with E-state index in [-0.39, 0.29) is 17.9 Å². The van der Waals surface area contributed by atoms with Crippen LogP contribution in [0.15, 0.2) is 24.2 Å². The Morgan fingerprint density at radius 1 is 1.46 bits per heavy atom. The molecule has 70 valence electrons. The molecule has 3 heteroatoms. The number of Topliss-reactive ketones (excluding diaryl/α,β-unsaturated/α-hetero) is 1. The van der Waals surface area contributed by atoms with Crippen LogP contribution in [0.25, 0.3) is 0 Å². The van der Waals surface area contributed by atoms with Gasteiger partial charge in [-0.2, -0.15) is 0 Å². The van der Waals surface area contributed by atoms with Gasteiger partial charge in [-0.05, 0) is 30.6 Å². The fraction of sp³-hybridized carbons (Fsp3) is 0.300. The smallest absolute Gasteiger partial charge is 0.162 e. The Labute approximate surface area is 87.1 Å². The molecule has 0 radical (unpaired) electrons. The number of benzene rings is 1. The Bertz CT molecular complexity index is 435. The summed E-state index contributed by atoms with van der Waals surface area (Å²) in [5.41, 5.74) is -0.369. The molecule has 1 nitrogen and oxygen atoms in total. The van der Waals surface area contributed by atoms with Gasteiger partial charge in [0.2, 0.25) is 0 Å². The van der Waals surface area contributed by atoms with Crippen LogP contribution in [0.3, 0.4) is 0 Å². The molecule has 0 aliphatic heterocycles. The van der Waals surface area contributed by atoms with Crippen LogP contribution >= 0.6 is 11.6 Å². The molecule has 0 heterocycles. The fourth-order valence-electron chi connectivity index (χ4n) is 0.789. The number of alkyl halides is 1. The maximum Gasteiger partial charge on any atom is 0.162 e. The lowest BCUT2D eigenvalue weighted by atomic mass is 10.1. The van der Waals surface area contributed by atoms with Crippen LogP contribution in [-0.4, -0.2) is 11.7 Å². The first-order valence-corrected chi connectivity index (χ1v) is 4.30. The standard InChI is InChI=1S/C10H10ClFO/c11-7-1-2-10(13)8-3-5-9(12)6-4-8/h3-6H,1-2,7H2/i3D,4D,5D,6D. The SMILES string of the molecule is [2H]c1c([2H])c(C(=O)CCCCl)c([2H])c([2H])c1F. The maximum absolute atomic E-state index is 13.2. The van der Waals surface area contributed by atoms with E-state index in [0.29, 0.717) is 6.42 Å². The van der Waals surface area contributed by atoms with Gasteiger partial charge < -0.3 is 0 Å². The Hall–Kier alpha value is -0.890. The van der Waals surface area contributed by atoms with E-state index in [0.717, 1.165) is 0 Å². The average molecular weight is 205 g/mol. The average Bonchev–Trinajstić information content (AvgIpc) is 2.31. The number of hydrogen-bond acceptors (Lipinski definition) is 1. The third kappa shape index (κ3) is 3.15. The van der Waals surface area contributed by atoms with Crippen LogP contribution in [0, 0.1) is 5.82 Å². The van der Waals surface area contributed by atoms with Crippen molar-refractivity contribution < 1.29 is 14.7 Å². The molecular weight excluding hydrogens is 191 g/mol. The third-order valence-electron chi connectivity index (χ3n) is 1.41. The van der Waals surface area contributed by atoms with Gasteiger partial charge in [0.1, 0.15) is 5.82 Å². The van der Waals surface area contributed by atoms with Gasteiger partial charge in [0.05, 0.1) is 5.48 Å². The summed E-state index contributed by atoms with van der Waals surface area (Å²) in [6, 6.07) is -2.91. The van der Waals surface area contributed by atoms with Gasteiger partial charge in [-0.25, -0.2) is 4.39 Å². The molecule has 0 saturated heterocycles. The van der Waals surface area contributed by atoms with Gasteiger partial charge >= 0.3 is 0 Å². The highest BCUT2D eigenvalue weighted by Gasteiger charge is 2.04. The zero-order valence-corrected chi connectivity index (χ0v) is 7.54. The second-order valence-electron chi connectivity index (χ2n) is 2.40. The topological polar surface area (TPSA) is 17.1 Å². The number of carbonyl (C=O) groups is 1. The summed E-state index contributed by atoms with van der Waals surface area (Å²) in [6.45, 7) is 0. The van der Waals surface area contributed by atoms with Gasteiger partial charge in [0, 0.05) is 17.9 Å². The van der Waals surface area contributed by atoms with Gasteiger partial charge in [0.25, 0.3) is 0 Å². The molecule has 0 atom stereocenters. The molecule has 0 amide bonds. The maximum atomic E-state index is 13.2. The van der Waals surface area contributed by atoms with E-state index in [1.165, 1.54) is 0 Å². The predicted molar refractivity (Wildman–Crippen MR) is 50.7 cm³/mol. The first kappa shape index (κ1) is 5.76. The van der Waals surface area contributed by atoms with E-state index < -0.39 is 35.8 Å². The summed E-state index contributed by atoms with van der Waals surface area (Å²) in [7, 11) is 0. The molecule has 0 fully saturated rings. The molecule has 0 aromatic heterocycles. The van der Waals surface area contributed by atoms with Gasteiger partial charge in [-0.3, -0.25) is 4.79 Å². The van der Waals surface area contributed by atoms with Crippen molar-refractivity contribution in [2.45, 2.75) is 12.8 Å². The Morgan fingerprint density at radius 2 is 2.08 bits per heavy atom. The molecule has 0 unspecified atom stereocenters. The van der Waals surface area contributed by atoms with Crippen molar-refractivity contribution in [2.75, 3.05) is 5.88 Å². The van der Waals surface area contributed by atoms with Crippen LogP contribution < -0.4 is 0 Å². The van der Waals surface area contributed by atoms with Crippen LogP contribution in [0.4, 0.5) is 4.39 Å². The van der Waals surface area contributed by atoms with Crippen molar-refractivity contribution in [3.8, 4) is 0 Å². The highest BCUT2D eigenvalue weighted by molar-refractivity contribution is 6.18. The number of hydrogen-bond donors (Lipinski definition) is 0. The summed E-state index contributed by atoms with van der Waals surface area (Å²) in [6.07, 6.45) is 0.392. The third-order valence-corrected chi connectivity index (χ3v) is 1.68. The number of carbonyl (C=O) groups excluding carboxylic acids is 1. The van der Waals surface area contributed by atoms with Crippen molar-refractivity contribution in [1.29, 1.82) is 0 Å². The molecule has 1 aromatic carbocycles. The highest BCUT2D eigenvalue weighted by Crippen LogP contribution is 2.07. The Kier molecular flexibility index (Phi) is 2.20. The van der Waals surface area contributed by atoms with Crippen LogP contribution in [0.5, 0.6) is 0 Å². The molecule has 0 saturated carbocycles. The summed E-state index contributed by atoms with van der Waals surface area (Å²) in [5.74, 6) is -1.54. The van der Waals surface area contributed by atoms with Crippen LogP contribution in [0.2, 0.25) is 0 Å². The van der Waals surface area contributed by atoms with Gasteiger partial charge in [-0.1, -0.05) is 0 Å². The summed E-state index contributed by atoms with van der Waals surface area (Å²) in [4.78, 5) is 11.7. The minimum absolute atomic E-state index is 0.0196. The van der Waals surface area contributed by atoms with Crippen molar-refractivity contribution in [3.63, 3.8) is 0 Å². The molecule has 0 bridgehead atoms. The van der Waals surface area contributed by atoms with Gasteiger partial charge in [-0.15, -0.1) is 11.6 Å². The molecule has 1 rings (SSSR count). The molecular formula is C10H10ClFO. The second-order valence-corrected chi connectivity index (χ2v) is 2.78. The largest absolute Gasteiger partial charge is 0.294 e. The van der Waals surface area contributed by atoms with Gasteiger partial charge in [0.15, 0.2) is 5.78 Å². The first-order chi connectivity index (χ1) is 7.91. The molecule has 13 heavy (non-hydrogen) atoms. The van der Waals surface area contributed by atoms with Crippen molar-refractivity contribution >= 4 is 17.4 Å². The minimum Gasteiger partial charge on any atom is -0.294 e. The van der Waals surface area contributed by atoms with E-state index in [4.69, 9.17) is 17.1 Å². The lowest BCUT2D eigenvalue weighted by molar-refractivity contribution is 0.0982. The summed E-state index contributed by atoms with van der Waals surface area (Å²) in [5, 5.41) is 0. The Morgan fingerprint density at radius 3 is 2.62 bits per heavy atom. The summed E-state index contributed by atoms with van der Waals surface area (Å²) < 4.78 is 42.6. The zero-order valence-electron chi connectivity index (χ0n) is 10.8. The van der Waals surface area contributed by atoms with Crippen molar-refractivity contribution in [1.82, 2.24) is 0 Å². The molecule has 0 aliphatic carbocycles. The molecule has 0 spiro atoms. The predicted octanol–water partition coefficient (Wildman–Crippen LogP) is 3.03. The molecule has 0 N–H and O–H groups in total. The van der Waals surface area contributed by atoms with Crippen molar-refractivity contribution in [2.24, 2.45) is 0 Å². The zero-order chi connectivity index (χ0) is 13.2. The fourth-order valence-corrected chi connectivity index (χ4v) is 0.923. The van der Waals surface area contributed by atoms with E-state index in [1.807, 2.05) is 0 Å². The van der Waals surface area contributed by atoms with E-state index in [9.17, 15) is 9.18 Å². The first-order valence-electron chi connectivity index (χ1n) is 5.76. The summed E-state index contributed by atoms with van der Waals surface area (Å²) >= 11 is 5.42. The van der Waals surface area contributed by atoms with Crippen molar-refractivity contribution in [3.05, 3.63) is 35.6 Å². The van der Waals surface area contributed by atoms with E-state index in [2.05, 4.69) is 0 Å². The van der Waals surface area contributed by atoms with Crippen LogP contribution in [-0.2, 0) is 0 Å². The lowest BCUT2D eigenvalue weighted by Crippen LogP contribution is -1.98. The molecule has 0 aliphatic rings. The Balaban J connectivity index is 3.29. The van der Waals surface area contributed by atoms with E-state index >= 15 is 0 Å². The number of rotatable bonds is 4. The monoisotopic (exact) mass is 204 g/mol. The molecule has 1 aromatic rings. The highest BCUT2D eigenvalue weighted by atomic mass is 35.5. The number of ketones is 1.